The largest absolute Gasteiger partial charge is 0.248 e. The molecule has 2 aromatic carbocycles. The number of rotatable bonds is 2. The summed E-state index contributed by atoms with van der Waals surface area (Å²) in [6, 6.07) is 17.4. The van der Waals surface area contributed by atoms with E-state index in [1.807, 2.05) is 0 Å². The molecule has 2 aliphatic rings. The van der Waals surface area contributed by atoms with Gasteiger partial charge in [0, 0.05) is 5.57 Å². The minimum absolute atomic E-state index is 0.0733. The average molecular weight is 370 g/mol. The van der Waals surface area contributed by atoms with Crippen LogP contribution in [0.1, 0.15) is 63.1 Å². The average Bonchev–Trinajstić information content (AvgIpc) is 2.99. The van der Waals surface area contributed by atoms with E-state index in [4.69, 9.17) is 4.99 Å². The van der Waals surface area contributed by atoms with Gasteiger partial charge >= 0.3 is 0 Å². The zero-order valence-corrected chi connectivity index (χ0v) is 17.9. The van der Waals surface area contributed by atoms with Crippen molar-refractivity contribution in [2.75, 3.05) is 0 Å². The molecule has 2 aromatic rings. The van der Waals surface area contributed by atoms with Crippen LogP contribution in [-0.2, 0) is 0 Å². The topological polar surface area (TPSA) is 12.4 Å². The van der Waals surface area contributed by atoms with Crippen LogP contribution < -0.4 is 0 Å². The molecule has 0 radical (unpaired) electrons. The third kappa shape index (κ3) is 3.28. The fourth-order valence-electron chi connectivity index (χ4n) is 4.80. The number of benzene rings is 2. The standard InChI is InChI=1S/C27H31N/c1-18-12-11-13-19(2)25(18)28-26-23(20-14-7-6-8-15-20)21-16-9-10-17-22(21)24(26)27(3,4)5/h6-8,11-15H,9-10,16-17H2,1-5H3. The van der Waals surface area contributed by atoms with Crippen LogP contribution in [0.15, 0.2) is 70.2 Å². The molecule has 0 amide bonds. The Kier molecular flexibility index (Phi) is 4.87. The normalized spacial score (nSPS) is 18.8. The summed E-state index contributed by atoms with van der Waals surface area (Å²) in [6.07, 6.45) is 4.93. The highest BCUT2D eigenvalue weighted by atomic mass is 14.8. The lowest BCUT2D eigenvalue weighted by atomic mass is 9.79. The number of aryl methyl sites for hydroxylation is 2. The summed E-state index contributed by atoms with van der Waals surface area (Å²) in [4.78, 5) is 5.39. The van der Waals surface area contributed by atoms with Gasteiger partial charge in [0.05, 0.1) is 11.4 Å². The number of hydrogen-bond acceptors (Lipinski definition) is 1. The fraction of sp³-hybridized carbons (Fsp3) is 0.370. The minimum atomic E-state index is 0.0733. The van der Waals surface area contributed by atoms with Gasteiger partial charge in [-0.25, -0.2) is 4.99 Å². The maximum Gasteiger partial charge on any atom is 0.0758 e. The van der Waals surface area contributed by atoms with Crippen molar-refractivity contribution in [3.05, 3.63) is 81.9 Å². The highest BCUT2D eigenvalue weighted by Gasteiger charge is 2.37. The molecule has 144 valence electrons. The molecule has 0 bridgehead atoms. The molecule has 0 unspecified atom stereocenters. The Bertz CT molecular complexity index is 974. The van der Waals surface area contributed by atoms with Crippen molar-refractivity contribution in [3.63, 3.8) is 0 Å². The zero-order valence-electron chi connectivity index (χ0n) is 17.9. The molecule has 0 heterocycles. The number of hydrogen-bond donors (Lipinski definition) is 0. The first kappa shape index (κ1) is 18.9. The number of fused-ring (bicyclic) bond motifs is 1. The Labute approximate surface area is 169 Å². The van der Waals surface area contributed by atoms with E-state index in [9.17, 15) is 0 Å². The van der Waals surface area contributed by atoms with Crippen molar-refractivity contribution in [1.29, 1.82) is 0 Å². The van der Waals surface area contributed by atoms with E-state index in [0.717, 1.165) is 5.69 Å². The zero-order chi connectivity index (χ0) is 19.9. The molecule has 1 nitrogen and oxygen atoms in total. The number of aliphatic imine (C=N–C) groups is 1. The Morgan fingerprint density at radius 2 is 1.36 bits per heavy atom. The lowest BCUT2D eigenvalue weighted by Crippen LogP contribution is -2.18. The molecule has 0 aliphatic heterocycles. The van der Waals surface area contributed by atoms with Gasteiger partial charge in [-0.15, -0.1) is 0 Å². The lowest BCUT2D eigenvalue weighted by Gasteiger charge is -2.26. The fourth-order valence-corrected chi connectivity index (χ4v) is 4.80. The van der Waals surface area contributed by atoms with Crippen LogP contribution in [0.5, 0.6) is 0 Å². The Hall–Kier alpha value is -2.41. The highest BCUT2D eigenvalue weighted by molar-refractivity contribution is 6.37. The molecule has 1 heteroatoms. The van der Waals surface area contributed by atoms with Crippen LogP contribution in [-0.4, -0.2) is 5.71 Å². The van der Waals surface area contributed by atoms with Crippen LogP contribution in [0, 0.1) is 19.3 Å². The molecule has 0 aromatic heterocycles. The van der Waals surface area contributed by atoms with E-state index in [0.29, 0.717) is 0 Å². The van der Waals surface area contributed by atoms with Gasteiger partial charge in [-0.3, -0.25) is 0 Å². The molecule has 2 aliphatic carbocycles. The summed E-state index contributed by atoms with van der Waals surface area (Å²) in [5.41, 5.74) is 12.2. The van der Waals surface area contributed by atoms with Gasteiger partial charge in [-0.05, 0) is 78.4 Å². The number of nitrogens with zero attached hydrogens (tertiary/aromatic N) is 1. The highest BCUT2D eigenvalue weighted by Crippen LogP contribution is 2.50. The van der Waals surface area contributed by atoms with Gasteiger partial charge in [-0.1, -0.05) is 69.3 Å². The first-order chi connectivity index (χ1) is 13.4. The maximum atomic E-state index is 5.39. The molecular weight excluding hydrogens is 338 g/mol. The van der Waals surface area contributed by atoms with Crippen LogP contribution in [0.4, 0.5) is 5.69 Å². The van der Waals surface area contributed by atoms with E-state index in [1.165, 1.54) is 59.2 Å². The van der Waals surface area contributed by atoms with E-state index in [-0.39, 0.29) is 5.41 Å². The molecule has 0 spiro atoms. The molecule has 1 saturated carbocycles. The summed E-state index contributed by atoms with van der Waals surface area (Å²) >= 11 is 0. The minimum Gasteiger partial charge on any atom is -0.248 e. The van der Waals surface area contributed by atoms with Gasteiger partial charge in [-0.2, -0.15) is 0 Å². The number of allylic oxidation sites excluding steroid dienone is 4. The first-order valence-corrected chi connectivity index (χ1v) is 10.6. The lowest BCUT2D eigenvalue weighted by molar-refractivity contribution is 0.515. The van der Waals surface area contributed by atoms with Gasteiger partial charge in [0.15, 0.2) is 0 Å². The summed E-state index contributed by atoms with van der Waals surface area (Å²) in [5, 5.41) is 0. The van der Waals surface area contributed by atoms with Gasteiger partial charge in [0.2, 0.25) is 0 Å². The molecule has 0 saturated heterocycles. The van der Waals surface area contributed by atoms with E-state index < -0.39 is 0 Å². The Morgan fingerprint density at radius 1 is 0.750 bits per heavy atom. The predicted molar refractivity (Wildman–Crippen MR) is 121 cm³/mol. The molecule has 1 fully saturated rings. The SMILES string of the molecule is Cc1cccc(C)c1N=C1C(c2ccccc2)=C2CCCCC2=C1C(C)(C)C. The molecule has 28 heavy (non-hydrogen) atoms. The van der Waals surface area contributed by atoms with Crippen molar-refractivity contribution in [2.24, 2.45) is 10.4 Å². The van der Waals surface area contributed by atoms with Crippen LogP contribution in [0.2, 0.25) is 0 Å². The summed E-state index contributed by atoms with van der Waals surface area (Å²) in [7, 11) is 0. The molecule has 0 N–H and O–H groups in total. The van der Waals surface area contributed by atoms with E-state index in [1.54, 1.807) is 11.1 Å². The smallest absolute Gasteiger partial charge is 0.0758 e. The Balaban J connectivity index is 2.02. The second kappa shape index (κ2) is 7.20. The third-order valence-electron chi connectivity index (χ3n) is 6.02. The monoisotopic (exact) mass is 369 g/mol. The van der Waals surface area contributed by atoms with Crippen molar-refractivity contribution >= 4 is 17.0 Å². The second-order valence-electron chi connectivity index (χ2n) is 9.23. The van der Waals surface area contributed by atoms with Crippen LogP contribution in [0.25, 0.3) is 5.57 Å². The van der Waals surface area contributed by atoms with E-state index >= 15 is 0 Å². The molecular formula is C27H31N. The maximum absolute atomic E-state index is 5.39. The molecule has 4 rings (SSSR count). The van der Waals surface area contributed by atoms with E-state index in [2.05, 4.69) is 83.1 Å². The van der Waals surface area contributed by atoms with Crippen molar-refractivity contribution in [2.45, 2.75) is 60.3 Å². The van der Waals surface area contributed by atoms with Crippen molar-refractivity contribution in [3.8, 4) is 0 Å². The predicted octanol–water partition coefficient (Wildman–Crippen LogP) is 7.76. The van der Waals surface area contributed by atoms with Crippen LogP contribution >= 0.6 is 0 Å². The third-order valence-corrected chi connectivity index (χ3v) is 6.02. The number of para-hydroxylation sites is 1. The van der Waals surface area contributed by atoms with Crippen molar-refractivity contribution < 1.29 is 0 Å². The summed E-state index contributed by atoms with van der Waals surface area (Å²) < 4.78 is 0. The van der Waals surface area contributed by atoms with Crippen LogP contribution in [0.3, 0.4) is 0 Å². The van der Waals surface area contributed by atoms with Crippen molar-refractivity contribution in [1.82, 2.24) is 0 Å². The second-order valence-corrected chi connectivity index (χ2v) is 9.23. The van der Waals surface area contributed by atoms with Gasteiger partial charge in [0.25, 0.3) is 0 Å². The Morgan fingerprint density at radius 3 is 1.96 bits per heavy atom. The van der Waals surface area contributed by atoms with Gasteiger partial charge in [0.1, 0.15) is 0 Å². The first-order valence-electron chi connectivity index (χ1n) is 10.6. The van der Waals surface area contributed by atoms with Gasteiger partial charge < -0.3 is 0 Å². The quantitative estimate of drug-likeness (QED) is 0.513. The summed E-state index contributed by atoms with van der Waals surface area (Å²) in [5.74, 6) is 0. The molecule has 0 atom stereocenters. The summed E-state index contributed by atoms with van der Waals surface area (Å²) in [6.45, 7) is 11.4.